The van der Waals surface area contributed by atoms with Crippen LogP contribution in [0.15, 0.2) is 65.4 Å². The number of amides is 1. The zero-order valence-corrected chi connectivity index (χ0v) is 14.3. The summed E-state index contributed by atoms with van der Waals surface area (Å²) < 4.78 is 15.7. The fraction of sp³-hybridized carbons (Fsp3) is 0.111. The van der Waals surface area contributed by atoms with E-state index in [0.717, 1.165) is 15.7 Å². The molecule has 0 aliphatic rings. The van der Waals surface area contributed by atoms with E-state index >= 15 is 0 Å². The third-order valence-corrected chi connectivity index (χ3v) is 4.01. The molecule has 2 aromatic carbocycles. The Morgan fingerprint density at radius 2 is 2.08 bits per heavy atom. The second kappa shape index (κ2) is 7.40. The lowest BCUT2D eigenvalue weighted by Gasteiger charge is -2.12. The number of rotatable bonds is 5. The van der Waals surface area contributed by atoms with Crippen LogP contribution in [0.2, 0.25) is 0 Å². The van der Waals surface area contributed by atoms with Gasteiger partial charge in [0, 0.05) is 23.3 Å². The van der Waals surface area contributed by atoms with Crippen molar-refractivity contribution in [2.24, 2.45) is 0 Å². The van der Waals surface area contributed by atoms with Crippen molar-refractivity contribution in [1.29, 1.82) is 0 Å². The van der Waals surface area contributed by atoms with Crippen LogP contribution in [0, 0.1) is 5.82 Å². The molecule has 4 nitrogen and oxygen atoms in total. The highest BCUT2D eigenvalue weighted by Gasteiger charge is 2.10. The molecule has 1 aromatic heterocycles. The minimum atomic E-state index is -0.291. The van der Waals surface area contributed by atoms with E-state index in [1.807, 2.05) is 36.5 Å². The van der Waals surface area contributed by atoms with Gasteiger partial charge in [-0.1, -0.05) is 28.1 Å². The van der Waals surface area contributed by atoms with Crippen molar-refractivity contribution >= 4 is 27.5 Å². The largest absolute Gasteiger partial charge is 0.324 e. The molecule has 0 fully saturated rings. The number of carbonyl (C=O) groups is 1. The number of benzene rings is 2. The SMILES string of the molecule is O=C(CCc1cccc(F)c1)Nc1cc(Br)ccc1-n1cccn1. The molecule has 0 atom stereocenters. The van der Waals surface area contributed by atoms with Gasteiger partial charge in [0.15, 0.2) is 0 Å². The summed E-state index contributed by atoms with van der Waals surface area (Å²) in [4.78, 5) is 12.3. The highest BCUT2D eigenvalue weighted by Crippen LogP contribution is 2.24. The first-order chi connectivity index (χ1) is 11.6. The highest BCUT2D eigenvalue weighted by molar-refractivity contribution is 9.10. The first kappa shape index (κ1) is 16.4. The number of anilines is 1. The van der Waals surface area contributed by atoms with Gasteiger partial charge in [-0.3, -0.25) is 4.79 Å². The molecule has 3 rings (SSSR count). The zero-order chi connectivity index (χ0) is 16.9. The third-order valence-electron chi connectivity index (χ3n) is 3.51. The van der Waals surface area contributed by atoms with Crippen LogP contribution in [0.5, 0.6) is 0 Å². The predicted molar refractivity (Wildman–Crippen MR) is 94.6 cm³/mol. The highest BCUT2D eigenvalue weighted by atomic mass is 79.9. The molecule has 1 N–H and O–H groups in total. The van der Waals surface area contributed by atoms with Crippen molar-refractivity contribution in [3.05, 3.63) is 76.8 Å². The fourth-order valence-corrected chi connectivity index (χ4v) is 2.74. The molecule has 0 bridgehead atoms. The number of halogens is 2. The molecular formula is C18H15BrFN3O. The van der Waals surface area contributed by atoms with Crippen LogP contribution in [0.4, 0.5) is 10.1 Å². The molecule has 0 spiro atoms. The minimum Gasteiger partial charge on any atom is -0.324 e. The Bertz CT molecular complexity index is 849. The van der Waals surface area contributed by atoms with E-state index in [1.54, 1.807) is 16.9 Å². The molecule has 0 radical (unpaired) electrons. The molecule has 1 heterocycles. The van der Waals surface area contributed by atoms with Crippen LogP contribution in [0.25, 0.3) is 5.69 Å². The number of hydrogen-bond acceptors (Lipinski definition) is 2. The Kier molecular flexibility index (Phi) is 5.05. The van der Waals surface area contributed by atoms with Gasteiger partial charge in [0.05, 0.1) is 11.4 Å². The maximum atomic E-state index is 13.2. The molecule has 3 aromatic rings. The smallest absolute Gasteiger partial charge is 0.224 e. The molecule has 24 heavy (non-hydrogen) atoms. The van der Waals surface area contributed by atoms with Gasteiger partial charge in [-0.15, -0.1) is 0 Å². The van der Waals surface area contributed by atoms with Gasteiger partial charge in [-0.25, -0.2) is 9.07 Å². The topological polar surface area (TPSA) is 46.9 Å². The third kappa shape index (κ3) is 4.08. The number of aromatic nitrogens is 2. The van der Waals surface area contributed by atoms with E-state index in [9.17, 15) is 9.18 Å². The quantitative estimate of drug-likeness (QED) is 0.707. The predicted octanol–water partition coefficient (Wildman–Crippen LogP) is 4.35. The van der Waals surface area contributed by atoms with Gasteiger partial charge in [0.25, 0.3) is 0 Å². The van der Waals surface area contributed by atoms with E-state index < -0.39 is 0 Å². The molecule has 0 unspecified atom stereocenters. The lowest BCUT2D eigenvalue weighted by Crippen LogP contribution is -2.14. The van der Waals surface area contributed by atoms with Gasteiger partial charge in [-0.05, 0) is 48.4 Å². The molecule has 0 saturated heterocycles. The van der Waals surface area contributed by atoms with E-state index in [-0.39, 0.29) is 18.1 Å². The molecule has 0 saturated carbocycles. The van der Waals surface area contributed by atoms with Crippen LogP contribution in [-0.4, -0.2) is 15.7 Å². The van der Waals surface area contributed by atoms with E-state index in [2.05, 4.69) is 26.3 Å². The number of hydrogen-bond donors (Lipinski definition) is 1. The van der Waals surface area contributed by atoms with E-state index in [4.69, 9.17) is 0 Å². The fourth-order valence-electron chi connectivity index (χ4n) is 2.38. The van der Waals surface area contributed by atoms with E-state index in [1.165, 1.54) is 12.1 Å². The molecule has 122 valence electrons. The number of carbonyl (C=O) groups excluding carboxylic acids is 1. The van der Waals surface area contributed by atoms with E-state index in [0.29, 0.717) is 12.1 Å². The standard InChI is InChI=1S/C18H15BrFN3O/c19-14-6-7-17(23-10-2-9-21-23)16(12-14)22-18(24)8-5-13-3-1-4-15(20)11-13/h1-4,6-7,9-12H,5,8H2,(H,22,24). The van der Waals surface area contributed by atoms with Gasteiger partial charge in [0.2, 0.25) is 5.91 Å². The lowest BCUT2D eigenvalue weighted by molar-refractivity contribution is -0.116. The van der Waals surface area contributed by atoms with Crippen LogP contribution >= 0.6 is 15.9 Å². The average Bonchev–Trinajstić information content (AvgIpc) is 3.07. The molecule has 6 heteroatoms. The Morgan fingerprint density at radius 3 is 2.83 bits per heavy atom. The second-order valence-corrected chi connectivity index (χ2v) is 6.21. The van der Waals surface area contributed by atoms with Gasteiger partial charge < -0.3 is 5.32 Å². The normalized spacial score (nSPS) is 10.6. The van der Waals surface area contributed by atoms with Gasteiger partial charge in [0.1, 0.15) is 5.82 Å². The molecule has 0 aliphatic heterocycles. The van der Waals surface area contributed by atoms with Crippen molar-refractivity contribution in [3.63, 3.8) is 0 Å². The van der Waals surface area contributed by atoms with Crippen molar-refractivity contribution in [2.45, 2.75) is 12.8 Å². The number of aryl methyl sites for hydroxylation is 1. The Hall–Kier alpha value is -2.47. The molecule has 1 amide bonds. The van der Waals surface area contributed by atoms with Crippen molar-refractivity contribution in [2.75, 3.05) is 5.32 Å². The average molecular weight is 388 g/mol. The number of nitrogens with one attached hydrogen (secondary N) is 1. The number of nitrogens with zero attached hydrogens (tertiary/aromatic N) is 2. The summed E-state index contributed by atoms with van der Waals surface area (Å²) in [5.74, 6) is -0.424. The monoisotopic (exact) mass is 387 g/mol. The van der Waals surface area contributed by atoms with Crippen molar-refractivity contribution in [1.82, 2.24) is 9.78 Å². The molecular weight excluding hydrogens is 373 g/mol. The second-order valence-electron chi connectivity index (χ2n) is 5.29. The minimum absolute atomic E-state index is 0.134. The molecule has 0 aliphatic carbocycles. The summed E-state index contributed by atoms with van der Waals surface area (Å²) in [5.41, 5.74) is 2.24. The van der Waals surface area contributed by atoms with Crippen LogP contribution in [0.1, 0.15) is 12.0 Å². The van der Waals surface area contributed by atoms with Crippen molar-refractivity contribution < 1.29 is 9.18 Å². The van der Waals surface area contributed by atoms with Crippen LogP contribution in [-0.2, 0) is 11.2 Å². The Labute approximate surface area is 147 Å². The lowest BCUT2D eigenvalue weighted by atomic mass is 10.1. The summed E-state index contributed by atoms with van der Waals surface area (Å²) in [5, 5.41) is 7.10. The summed E-state index contributed by atoms with van der Waals surface area (Å²) in [6.07, 6.45) is 4.24. The summed E-state index contributed by atoms with van der Waals surface area (Å²) >= 11 is 3.41. The first-order valence-corrected chi connectivity index (χ1v) is 8.25. The maximum absolute atomic E-state index is 13.2. The van der Waals surface area contributed by atoms with Crippen LogP contribution in [0.3, 0.4) is 0 Å². The first-order valence-electron chi connectivity index (χ1n) is 7.46. The maximum Gasteiger partial charge on any atom is 0.224 e. The summed E-state index contributed by atoms with van der Waals surface area (Å²) in [7, 11) is 0. The van der Waals surface area contributed by atoms with Crippen LogP contribution < -0.4 is 5.32 Å². The summed E-state index contributed by atoms with van der Waals surface area (Å²) in [6, 6.07) is 13.7. The van der Waals surface area contributed by atoms with Gasteiger partial charge in [-0.2, -0.15) is 5.10 Å². The zero-order valence-electron chi connectivity index (χ0n) is 12.7. The Balaban J connectivity index is 1.71. The van der Waals surface area contributed by atoms with Gasteiger partial charge >= 0.3 is 0 Å². The Morgan fingerprint density at radius 1 is 1.21 bits per heavy atom. The summed E-state index contributed by atoms with van der Waals surface area (Å²) in [6.45, 7) is 0. The van der Waals surface area contributed by atoms with Crippen molar-refractivity contribution in [3.8, 4) is 5.69 Å².